The zero-order valence-electron chi connectivity index (χ0n) is 23.1. The first-order valence-electron chi connectivity index (χ1n) is 13.3. The minimum Gasteiger partial charge on any atom is -0.508 e. The first-order chi connectivity index (χ1) is 19.3. The van der Waals surface area contributed by atoms with E-state index in [1.165, 1.54) is 24.3 Å². The number of aliphatic carboxylic acids is 2. The van der Waals surface area contributed by atoms with Crippen molar-refractivity contribution >= 4 is 29.7 Å². The minimum atomic E-state index is -1.39. The Bertz CT molecular complexity index is 1190. The van der Waals surface area contributed by atoms with Gasteiger partial charge in [0.1, 0.15) is 23.9 Å². The molecule has 0 bridgehead atoms. The number of rotatable bonds is 16. The Kier molecular flexibility index (Phi) is 12.8. The Morgan fingerprint density at radius 1 is 0.732 bits per heavy atom. The fraction of sp³-hybridized carbons (Fsp3) is 0.414. The standard InChI is InChI=1S/C29H38N4O8/c1-17(2)14-23(32-26(37)21(30)15-18-6-4-3-5-7-18)28(39)31-22(12-13-25(35)36)27(38)33-24(29(40)41)16-19-8-10-20(34)11-9-19/h3-11,17,21-24,34H,12-16,30H2,1-2H3,(H,31,39)(H,32,37)(H,33,38)(H,35,36)(H,40,41). The maximum absolute atomic E-state index is 13.3. The number of amides is 3. The van der Waals surface area contributed by atoms with Gasteiger partial charge >= 0.3 is 11.9 Å². The number of carboxylic acid groups (broad SMARTS) is 2. The molecular weight excluding hydrogens is 532 g/mol. The molecule has 0 spiro atoms. The van der Waals surface area contributed by atoms with Gasteiger partial charge in [0.2, 0.25) is 17.7 Å². The zero-order chi connectivity index (χ0) is 30.5. The lowest BCUT2D eigenvalue weighted by molar-refractivity contribution is -0.143. The van der Waals surface area contributed by atoms with Gasteiger partial charge in [-0.15, -0.1) is 0 Å². The molecule has 12 nitrogen and oxygen atoms in total. The summed E-state index contributed by atoms with van der Waals surface area (Å²) >= 11 is 0. The molecule has 4 unspecified atom stereocenters. The van der Waals surface area contributed by atoms with Gasteiger partial charge in [0.25, 0.3) is 0 Å². The van der Waals surface area contributed by atoms with Gasteiger partial charge in [-0.25, -0.2) is 4.79 Å². The van der Waals surface area contributed by atoms with Gasteiger partial charge in [0.05, 0.1) is 6.04 Å². The molecule has 3 amide bonds. The van der Waals surface area contributed by atoms with Crippen molar-refractivity contribution in [3.63, 3.8) is 0 Å². The number of aromatic hydroxyl groups is 1. The zero-order valence-corrected chi connectivity index (χ0v) is 23.1. The van der Waals surface area contributed by atoms with Gasteiger partial charge in [-0.3, -0.25) is 19.2 Å². The van der Waals surface area contributed by atoms with E-state index in [0.717, 1.165) is 5.56 Å². The highest BCUT2D eigenvalue weighted by Crippen LogP contribution is 2.13. The van der Waals surface area contributed by atoms with Crippen LogP contribution < -0.4 is 21.7 Å². The fourth-order valence-electron chi connectivity index (χ4n) is 4.09. The summed E-state index contributed by atoms with van der Waals surface area (Å²) in [5, 5.41) is 35.8. The van der Waals surface area contributed by atoms with Crippen molar-refractivity contribution in [1.29, 1.82) is 0 Å². The van der Waals surface area contributed by atoms with Gasteiger partial charge in [0, 0.05) is 12.8 Å². The van der Waals surface area contributed by atoms with Gasteiger partial charge in [-0.05, 0) is 48.4 Å². The molecule has 4 atom stereocenters. The third-order valence-electron chi connectivity index (χ3n) is 6.25. The van der Waals surface area contributed by atoms with E-state index < -0.39 is 60.2 Å². The van der Waals surface area contributed by atoms with Gasteiger partial charge in [-0.1, -0.05) is 56.3 Å². The molecule has 2 aromatic rings. The van der Waals surface area contributed by atoms with Crippen molar-refractivity contribution < 1.29 is 39.3 Å². The lowest BCUT2D eigenvalue weighted by Crippen LogP contribution is -2.57. The molecule has 41 heavy (non-hydrogen) atoms. The van der Waals surface area contributed by atoms with Crippen molar-refractivity contribution in [2.24, 2.45) is 11.7 Å². The lowest BCUT2D eigenvalue weighted by Gasteiger charge is -2.26. The smallest absolute Gasteiger partial charge is 0.326 e. The van der Waals surface area contributed by atoms with Crippen LogP contribution >= 0.6 is 0 Å². The number of carbonyl (C=O) groups is 5. The monoisotopic (exact) mass is 570 g/mol. The molecule has 0 aliphatic heterocycles. The molecule has 0 aliphatic rings. The summed E-state index contributed by atoms with van der Waals surface area (Å²) in [5.41, 5.74) is 7.43. The van der Waals surface area contributed by atoms with Crippen LogP contribution in [0.15, 0.2) is 54.6 Å². The molecular formula is C29H38N4O8. The summed E-state index contributed by atoms with van der Waals surface area (Å²) in [6, 6.07) is 10.1. The number of benzene rings is 2. The predicted molar refractivity (Wildman–Crippen MR) is 150 cm³/mol. The first kappa shape index (κ1) is 32.8. The maximum Gasteiger partial charge on any atom is 0.326 e. The molecule has 0 aromatic heterocycles. The third kappa shape index (κ3) is 11.7. The van der Waals surface area contributed by atoms with Crippen LogP contribution in [0, 0.1) is 5.92 Å². The highest BCUT2D eigenvalue weighted by atomic mass is 16.4. The van der Waals surface area contributed by atoms with Gasteiger partial charge in [0.15, 0.2) is 0 Å². The molecule has 0 aliphatic carbocycles. The Balaban J connectivity index is 2.15. The van der Waals surface area contributed by atoms with Crippen molar-refractivity contribution in [3.8, 4) is 5.75 Å². The van der Waals surface area contributed by atoms with E-state index in [1.807, 2.05) is 44.2 Å². The number of nitrogens with two attached hydrogens (primary N) is 1. The van der Waals surface area contributed by atoms with E-state index in [4.69, 9.17) is 10.8 Å². The summed E-state index contributed by atoms with van der Waals surface area (Å²) in [5.74, 6) is -4.78. The van der Waals surface area contributed by atoms with Gasteiger partial charge in [-0.2, -0.15) is 0 Å². The van der Waals surface area contributed by atoms with Crippen LogP contribution in [0.25, 0.3) is 0 Å². The Hall–Kier alpha value is -4.45. The normalized spacial score (nSPS) is 13.9. The lowest BCUT2D eigenvalue weighted by atomic mass is 10.0. The van der Waals surface area contributed by atoms with Crippen molar-refractivity contribution in [1.82, 2.24) is 16.0 Å². The largest absolute Gasteiger partial charge is 0.508 e. The fourth-order valence-corrected chi connectivity index (χ4v) is 4.09. The number of nitrogens with one attached hydrogen (secondary N) is 3. The maximum atomic E-state index is 13.3. The third-order valence-corrected chi connectivity index (χ3v) is 6.25. The number of carboxylic acids is 2. The SMILES string of the molecule is CC(C)CC(NC(=O)C(N)Cc1ccccc1)C(=O)NC(CCC(=O)O)C(=O)NC(Cc1ccc(O)cc1)C(=O)O. The van der Waals surface area contributed by atoms with E-state index in [-0.39, 0.29) is 37.4 Å². The van der Waals surface area contributed by atoms with Crippen molar-refractivity contribution in [2.75, 3.05) is 0 Å². The number of phenolic OH excluding ortho intramolecular Hbond substituents is 1. The van der Waals surface area contributed by atoms with Crippen LogP contribution in [0.1, 0.15) is 44.2 Å². The average Bonchev–Trinajstić information content (AvgIpc) is 2.91. The molecule has 8 N–H and O–H groups in total. The van der Waals surface area contributed by atoms with E-state index in [1.54, 1.807) is 0 Å². The quantitative estimate of drug-likeness (QED) is 0.153. The highest BCUT2D eigenvalue weighted by Gasteiger charge is 2.31. The average molecular weight is 571 g/mol. The molecule has 2 aromatic carbocycles. The first-order valence-corrected chi connectivity index (χ1v) is 13.3. The predicted octanol–water partition coefficient (Wildman–Crippen LogP) is 0.955. The molecule has 12 heteroatoms. The molecule has 0 saturated carbocycles. The molecule has 2 rings (SSSR count). The molecule has 0 fully saturated rings. The van der Waals surface area contributed by atoms with Crippen LogP contribution in [-0.4, -0.2) is 69.1 Å². The van der Waals surface area contributed by atoms with Crippen LogP contribution in [0.2, 0.25) is 0 Å². The minimum absolute atomic E-state index is 0.00910. The summed E-state index contributed by atoms with van der Waals surface area (Å²) in [7, 11) is 0. The van der Waals surface area contributed by atoms with E-state index >= 15 is 0 Å². The topological polar surface area (TPSA) is 208 Å². The second-order valence-corrected chi connectivity index (χ2v) is 10.3. The summed E-state index contributed by atoms with van der Waals surface area (Å²) < 4.78 is 0. The molecule has 0 saturated heterocycles. The summed E-state index contributed by atoms with van der Waals surface area (Å²) in [6.07, 6.45) is -0.455. The Labute approximate surface area is 238 Å². The van der Waals surface area contributed by atoms with E-state index in [9.17, 15) is 34.2 Å². The molecule has 222 valence electrons. The molecule has 0 radical (unpaired) electrons. The highest BCUT2D eigenvalue weighted by molar-refractivity contribution is 5.94. The summed E-state index contributed by atoms with van der Waals surface area (Å²) in [4.78, 5) is 62.3. The Morgan fingerprint density at radius 2 is 1.27 bits per heavy atom. The number of carbonyl (C=O) groups excluding carboxylic acids is 3. The van der Waals surface area contributed by atoms with E-state index in [2.05, 4.69) is 16.0 Å². The number of hydrogen-bond acceptors (Lipinski definition) is 7. The van der Waals surface area contributed by atoms with Crippen LogP contribution in [0.3, 0.4) is 0 Å². The number of hydrogen-bond donors (Lipinski definition) is 7. The Morgan fingerprint density at radius 3 is 1.83 bits per heavy atom. The van der Waals surface area contributed by atoms with Crippen LogP contribution in [0.4, 0.5) is 0 Å². The second kappa shape index (κ2) is 16.0. The van der Waals surface area contributed by atoms with E-state index in [0.29, 0.717) is 5.56 Å². The van der Waals surface area contributed by atoms with Crippen LogP contribution in [-0.2, 0) is 36.8 Å². The second-order valence-electron chi connectivity index (χ2n) is 10.3. The van der Waals surface area contributed by atoms with Gasteiger partial charge < -0.3 is 37.0 Å². The van der Waals surface area contributed by atoms with Crippen molar-refractivity contribution in [3.05, 3.63) is 65.7 Å². The van der Waals surface area contributed by atoms with Crippen LogP contribution in [0.5, 0.6) is 5.75 Å². The number of phenols is 1. The van der Waals surface area contributed by atoms with Crippen molar-refractivity contribution in [2.45, 2.75) is 70.1 Å². The molecule has 0 heterocycles. The summed E-state index contributed by atoms with van der Waals surface area (Å²) in [6.45, 7) is 3.68.